The van der Waals surface area contributed by atoms with Crippen molar-refractivity contribution in [3.8, 4) is 16.9 Å². The van der Waals surface area contributed by atoms with E-state index in [2.05, 4.69) is 6.92 Å². The maximum Gasteiger partial charge on any atom is 0.131 e. The molecule has 3 nitrogen and oxygen atoms in total. The van der Waals surface area contributed by atoms with Crippen molar-refractivity contribution in [3.05, 3.63) is 53.3 Å². The van der Waals surface area contributed by atoms with Gasteiger partial charge in [0.2, 0.25) is 0 Å². The van der Waals surface area contributed by atoms with Crippen LogP contribution in [0.2, 0.25) is 0 Å². The summed E-state index contributed by atoms with van der Waals surface area (Å²) in [6, 6.07) is 10.7. The van der Waals surface area contributed by atoms with Crippen molar-refractivity contribution >= 4 is 0 Å². The number of ether oxygens (including phenoxy) is 2. The molecule has 1 atom stereocenters. The SMILES string of the molecule is CCc1ccc(-c2cc(OC)ccc2F)c(C(OC)C(C)(C)CO)c1. The van der Waals surface area contributed by atoms with Gasteiger partial charge in [-0.25, -0.2) is 4.39 Å². The number of rotatable bonds is 7. The molecule has 0 radical (unpaired) electrons. The van der Waals surface area contributed by atoms with Gasteiger partial charge in [-0.2, -0.15) is 0 Å². The predicted octanol–water partition coefficient (Wildman–Crippen LogP) is 4.77. The number of aliphatic hydroxyl groups is 1. The van der Waals surface area contributed by atoms with Crippen molar-refractivity contribution in [1.29, 1.82) is 0 Å². The number of hydrogen-bond donors (Lipinski definition) is 1. The highest BCUT2D eigenvalue weighted by Crippen LogP contribution is 2.42. The lowest BCUT2D eigenvalue weighted by molar-refractivity contribution is -0.0252. The molecule has 0 fully saturated rings. The Morgan fingerprint density at radius 3 is 2.36 bits per heavy atom. The molecule has 0 aliphatic rings. The maximum atomic E-state index is 14.6. The molecule has 0 bridgehead atoms. The topological polar surface area (TPSA) is 38.7 Å². The second-order valence-electron chi connectivity index (χ2n) is 6.88. The Balaban J connectivity index is 2.71. The van der Waals surface area contributed by atoms with Crippen LogP contribution in [0.25, 0.3) is 11.1 Å². The molecule has 0 aliphatic heterocycles. The van der Waals surface area contributed by atoms with Crippen LogP contribution in [0.4, 0.5) is 4.39 Å². The van der Waals surface area contributed by atoms with E-state index in [-0.39, 0.29) is 18.5 Å². The van der Waals surface area contributed by atoms with Crippen LogP contribution in [0.3, 0.4) is 0 Å². The Labute approximate surface area is 149 Å². The van der Waals surface area contributed by atoms with Gasteiger partial charge in [0.25, 0.3) is 0 Å². The average molecular weight is 346 g/mol. The zero-order valence-corrected chi connectivity index (χ0v) is 15.6. The first kappa shape index (κ1) is 19.4. The number of aryl methyl sites for hydroxylation is 1. The van der Waals surface area contributed by atoms with Gasteiger partial charge in [0.05, 0.1) is 19.8 Å². The summed E-state index contributed by atoms with van der Waals surface area (Å²) in [5.41, 5.74) is 2.71. The number of aliphatic hydroxyl groups excluding tert-OH is 1. The van der Waals surface area contributed by atoms with Crippen LogP contribution < -0.4 is 4.74 Å². The molecule has 2 rings (SSSR count). The monoisotopic (exact) mass is 346 g/mol. The Kier molecular flexibility index (Phi) is 6.20. The molecule has 2 aromatic rings. The van der Waals surface area contributed by atoms with Crippen molar-refractivity contribution in [1.82, 2.24) is 0 Å². The minimum atomic E-state index is -0.509. The van der Waals surface area contributed by atoms with Gasteiger partial charge in [0, 0.05) is 18.1 Å². The minimum Gasteiger partial charge on any atom is -0.497 e. The summed E-state index contributed by atoms with van der Waals surface area (Å²) in [6.07, 6.45) is 0.494. The highest BCUT2D eigenvalue weighted by atomic mass is 19.1. The third kappa shape index (κ3) is 4.02. The fourth-order valence-corrected chi connectivity index (χ4v) is 3.08. The molecule has 4 heteroatoms. The van der Waals surface area contributed by atoms with Crippen molar-refractivity contribution < 1.29 is 19.0 Å². The zero-order chi connectivity index (χ0) is 18.6. The lowest BCUT2D eigenvalue weighted by atomic mass is 9.80. The van der Waals surface area contributed by atoms with E-state index in [0.717, 1.165) is 23.1 Å². The van der Waals surface area contributed by atoms with E-state index in [1.165, 1.54) is 6.07 Å². The summed E-state index contributed by atoms with van der Waals surface area (Å²) in [5, 5.41) is 9.81. The lowest BCUT2D eigenvalue weighted by Gasteiger charge is -2.33. The molecule has 0 heterocycles. The number of methoxy groups -OCH3 is 2. The van der Waals surface area contributed by atoms with Gasteiger partial charge < -0.3 is 14.6 Å². The molecule has 0 spiro atoms. The molecule has 2 aromatic carbocycles. The fraction of sp³-hybridized carbons (Fsp3) is 0.429. The predicted molar refractivity (Wildman–Crippen MR) is 98.4 cm³/mol. The van der Waals surface area contributed by atoms with Gasteiger partial charge in [-0.05, 0) is 41.3 Å². The van der Waals surface area contributed by atoms with Gasteiger partial charge in [-0.15, -0.1) is 0 Å². The summed E-state index contributed by atoms with van der Waals surface area (Å²) in [5.74, 6) is 0.278. The van der Waals surface area contributed by atoms with Crippen LogP contribution in [0.1, 0.15) is 38.0 Å². The van der Waals surface area contributed by atoms with Crippen molar-refractivity contribution in [2.75, 3.05) is 20.8 Å². The van der Waals surface area contributed by atoms with E-state index in [0.29, 0.717) is 11.3 Å². The molecule has 1 N–H and O–H groups in total. The van der Waals surface area contributed by atoms with Gasteiger partial charge >= 0.3 is 0 Å². The van der Waals surface area contributed by atoms with Crippen LogP contribution in [0.15, 0.2) is 36.4 Å². The summed E-state index contributed by atoms with van der Waals surface area (Å²) < 4.78 is 25.5. The van der Waals surface area contributed by atoms with E-state index < -0.39 is 5.41 Å². The second kappa shape index (κ2) is 7.98. The second-order valence-corrected chi connectivity index (χ2v) is 6.88. The Bertz CT molecular complexity index is 725. The standard InChI is InChI=1S/C21H27FO3/c1-6-14-7-9-16(17-12-15(24-4)8-10-19(17)22)18(11-14)20(25-5)21(2,3)13-23/h7-12,20,23H,6,13H2,1-5H3. The quantitative estimate of drug-likeness (QED) is 0.785. The van der Waals surface area contributed by atoms with Gasteiger partial charge in [0.1, 0.15) is 11.6 Å². The summed E-state index contributed by atoms with van der Waals surface area (Å²) >= 11 is 0. The Morgan fingerprint density at radius 1 is 1.08 bits per heavy atom. The average Bonchev–Trinajstić information content (AvgIpc) is 2.62. The van der Waals surface area contributed by atoms with Crippen LogP contribution in [0, 0.1) is 11.2 Å². The molecule has 136 valence electrons. The van der Waals surface area contributed by atoms with Crippen molar-refractivity contribution in [3.63, 3.8) is 0 Å². The molecular formula is C21H27FO3. The molecule has 0 saturated heterocycles. The minimum absolute atomic E-state index is 0.0398. The van der Waals surface area contributed by atoms with Crippen LogP contribution >= 0.6 is 0 Å². The maximum absolute atomic E-state index is 14.6. The largest absolute Gasteiger partial charge is 0.497 e. The van der Waals surface area contributed by atoms with E-state index in [1.54, 1.807) is 26.4 Å². The van der Waals surface area contributed by atoms with Crippen LogP contribution in [-0.4, -0.2) is 25.9 Å². The van der Waals surface area contributed by atoms with Gasteiger partial charge in [0.15, 0.2) is 0 Å². The number of hydrogen-bond acceptors (Lipinski definition) is 3. The molecule has 0 aliphatic carbocycles. The third-order valence-corrected chi connectivity index (χ3v) is 4.62. The summed E-state index contributed by atoms with van der Waals surface area (Å²) in [4.78, 5) is 0. The van der Waals surface area contributed by atoms with E-state index in [1.807, 2.05) is 32.0 Å². The smallest absolute Gasteiger partial charge is 0.131 e. The summed E-state index contributed by atoms with van der Waals surface area (Å²) in [7, 11) is 3.18. The van der Waals surface area contributed by atoms with Gasteiger partial charge in [-0.3, -0.25) is 0 Å². The fourth-order valence-electron chi connectivity index (χ4n) is 3.08. The van der Waals surface area contributed by atoms with Crippen molar-refractivity contribution in [2.45, 2.75) is 33.3 Å². The van der Waals surface area contributed by atoms with Crippen LogP contribution in [-0.2, 0) is 11.2 Å². The van der Waals surface area contributed by atoms with Gasteiger partial charge in [-0.1, -0.05) is 39.0 Å². The van der Waals surface area contributed by atoms with E-state index in [9.17, 15) is 9.50 Å². The van der Waals surface area contributed by atoms with E-state index >= 15 is 0 Å². The van der Waals surface area contributed by atoms with Crippen molar-refractivity contribution in [2.24, 2.45) is 5.41 Å². The molecular weight excluding hydrogens is 319 g/mol. The normalized spacial score (nSPS) is 12.9. The molecule has 0 amide bonds. The number of benzene rings is 2. The first-order valence-electron chi connectivity index (χ1n) is 8.48. The Morgan fingerprint density at radius 2 is 1.80 bits per heavy atom. The third-order valence-electron chi connectivity index (χ3n) is 4.62. The molecule has 25 heavy (non-hydrogen) atoms. The highest BCUT2D eigenvalue weighted by molar-refractivity contribution is 5.70. The first-order valence-corrected chi connectivity index (χ1v) is 8.48. The highest BCUT2D eigenvalue weighted by Gasteiger charge is 2.32. The van der Waals surface area contributed by atoms with Crippen LogP contribution in [0.5, 0.6) is 5.75 Å². The Hall–Kier alpha value is -1.91. The zero-order valence-electron chi connectivity index (χ0n) is 15.6. The molecule has 0 saturated carbocycles. The first-order chi connectivity index (χ1) is 11.9. The van der Waals surface area contributed by atoms with E-state index in [4.69, 9.17) is 9.47 Å². The summed E-state index contributed by atoms with van der Waals surface area (Å²) in [6.45, 7) is 5.91. The molecule has 0 aromatic heterocycles. The lowest BCUT2D eigenvalue weighted by Crippen LogP contribution is -2.28. The molecule has 1 unspecified atom stereocenters. The number of halogens is 1.